The zero-order valence-corrected chi connectivity index (χ0v) is 19.5. The number of fused-ring (bicyclic) bond motifs is 5. The van der Waals surface area contributed by atoms with Crippen LogP contribution in [0.2, 0.25) is 0 Å². The van der Waals surface area contributed by atoms with Crippen LogP contribution < -0.4 is 5.32 Å². The summed E-state index contributed by atoms with van der Waals surface area (Å²) in [6.07, 6.45) is 0. The summed E-state index contributed by atoms with van der Waals surface area (Å²) in [6.45, 7) is 0. The fourth-order valence-electron chi connectivity index (χ4n) is 6.36. The van der Waals surface area contributed by atoms with Gasteiger partial charge in [-0.05, 0) is 29.8 Å². The number of amides is 1. The number of nitrogens with zero attached hydrogens (tertiary/aromatic N) is 2. The van der Waals surface area contributed by atoms with E-state index < -0.39 is 11.5 Å². The van der Waals surface area contributed by atoms with E-state index in [1.54, 1.807) is 23.9 Å². The van der Waals surface area contributed by atoms with Gasteiger partial charge in [0, 0.05) is 34.8 Å². The summed E-state index contributed by atoms with van der Waals surface area (Å²) in [5.74, 6) is 0.192. The van der Waals surface area contributed by atoms with Crippen LogP contribution in [0.3, 0.4) is 0 Å². The Morgan fingerprint density at radius 3 is 2.69 bits per heavy atom. The Bertz CT molecular complexity index is 1480. The molecule has 0 radical (unpaired) electrons. The number of phenols is 1. The number of nitrogens with one attached hydrogen (secondary N) is 2. The predicted octanol–water partition coefficient (Wildman–Crippen LogP) is 4.09. The molecule has 8 heteroatoms. The summed E-state index contributed by atoms with van der Waals surface area (Å²) >= 11 is 1.75. The van der Waals surface area contributed by atoms with Crippen molar-refractivity contribution in [3.05, 3.63) is 89.7 Å². The van der Waals surface area contributed by atoms with E-state index in [-0.39, 0.29) is 35.2 Å². The second kappa shape index (κ2) is 7.44. The molecular formula is C27H22N4O3S. The normalized spacial score (nSPS) is 27.3. The molecular weight excluding hydrogens is 460 g/mol. The first-order valence-electron chi connectivity index (χ1n) is 11.6. The van der Waals surface area contributed by atoms with Gasteiger partial charge in [0.2, 0.25) is 11.7 Å². The van der Waals surface area contributed by atoms with Gasteiger partial charge in [-0.25, -0.2) is 4.98 Å². The van der Waals surface area contributed by atoms with Crippen LogP contribution in [0.4, 0.5) is 5.69 Å². The molecule has 2 saturated heterocycles. The molecule has 0 saturated carbocycles. The number of H-pyrrole nitrogens is 1. The number of thioether (sulfide) groups is 1. The standard InChI is InChI=1S/C27H22N4O3S/c32-21-12-6-1-7-15(21)22-20-13-35-14-31(20)27(16-8-2-3-9-17(16)30-26(27)34)23(22)24(33)25-28-18-10-4-5-11-19(18)29-25/h1-12,20,22-23,32H,13-14H2,(H,28,29)(H,30,34)/t20?,22?,23?,27-/m1/s1. The number of phenolic OH excluding ortho intramolecular Hbond substituents is 1. The molecule has 1 aromatic heterocycles. The maximum Gasteiger partial charge on any atom is 0.250 e. The van der Waals surface area contributed by atoms with Crippen molar-refractivity contribution in [2.45, 2.75) is 17.5 Å². The maximum atomic E-state index is 14.5. The summed E-state index contributed by atoms with van der Waals surface area (Å²) in [7, 11) is 0. The van der Waals surface area contributed by atoms with Crippen molar-refractivity contribution in [2.75, 3.05) is 16.9 Å². The number of carbonyl (C=O) groups excluding carboxylic acids is 2. The highest BCUT2D eigenvalue weighted by Gasteiger charge is 2.70. The number of aromatic amines is 1. The van der Waals surface area contributed by atoms with E-state index in [9.17, 15) is 14.7 Å². The molecule has 4 heterocycles. The monoisotopic (exact) mass is 482 g/mol. The SMILES string of the molecule is O=C(c1nc2ccccc2[nH]1)C1C(c2ccccc2O)C2CSCN2[C@@]12C(=O)Nc1ccccc12. The molecule has 4 atom stereocenters. The van der Waals surface area contributed by atoms with Crippen LogP contribution in [0.15, 0.2) is 72.8 Å². The summed E-state index contributed by atoms with van der Waals surface area (Å²) in [4.78, 5) is 38.4. The van der Waals surface area contributed by atoms with E-state index in [0.29, 0.717) is 17.0 Å². The molecule has 0 bridgehead atoms. The van der Waals surface area contributed by atoms with Crippen LogP contribution in [-0.2, 0) is 10.3 Å². The van der Waals surface area contributed by atoms with Crippen molar-refractivity contribution in [3.63, 3.8) is 0 Å². The first-order valence-corrected chi connectivity index (χ1v) is 12.8. The second-order valence-electron chi connectivity index (χ2n) is 9.33. The van der Waals surface area contributed by atoms with Gasteiger partial charge in [0.05, 0.1) is 17.0 Å². The van der Waals surface area contributed by atoms with Crippen molar-refractivity contribution in [3.8, 4) is 5.75 Å². The third-order valence-electron chi connectivity index (χ3n) is 7.73. The van der Waals surface area contributed by atoms with Gasteiger partial charge < -0.3 is 15.4 Å². The Balaban J connectivity index is 1.50. The molecule has 3 N–H and O–H groups in total. The third kappa shape index (κ3) is 2.69. The number of aromatic nitrogens is 2. The Hall–Kier alpha value is -3.62. The van der Waals surface area contributed by atoms with Crippen molar-refractivity contribution in [1.82, 2.24) is 14.9 Å². The number of Topliss-reactive ketones (excluding diaryl/α,β-unsaturated/α-hetero) is 1. The fourth-order valence-corrected chi connectivity index (χ4v) is 7.69. The number of hydrogen-bond acceptors (Lipinski definition) is 6. The molecule has 35 heavy (non-hydrogen) atoms. The highest BCUT2D eigenvalue weighted by atomic mass is 32.2. The summed E-state index contributed by atoms with van der Waals surface area (Å²) in [5, 5.41) is 14.0. The minimum atomic E-state index is -1.19. The average Bonchev–Trinajstić information content (AvgIpc) is 3.62. The molecule has 7 rings (SSSR count). The van der Waals surface area contributed by atoms with E-state index >= 15 is 0 Å². The molecule has 3 unspecified atom stereocenters. The molecule has 3 aliphatic heterocycles. The highest BCUT2D eigenvalue weighted by Crippen LogP contribution is 2.61. The van der Waals surface area contributed by atoms with Crippen LogP contribution in [-0.4, -0.2) is 49.3 Å². The molecule has 3 aromatic carbocycles. The zero-order valence-electron chi connectivity index (χ0n) is 18.6. The van der Waals surface area contributed by atoms with Crippen LogP contribution in [0, 0.1) is 5.92 Å². The molecule has 1 spiro atoms. The largest absolute Gasteiger partial charge is 0.508 e. The van der Waals surface area contributed by atoms with Crippen LogP contribution in [0.25, 0.3) is 11.0 Å². The molecule has 4 aromatic rings. The first-order chi connectivity index (χ1) is 17.1. The van der Waals surface area contributed by atoms with E-state index in [0.717, 1.165) is 22.5 Å². The van der Waals surface area contributed by atoms with Gasteiger partial charge in [-0.1, -0.05) is 48.5 Å². The van der Waals surface area contributed by atoms with Gasteiger partial charge in [0.1, 0.15) is 11.3 Å². The number of para-hydroxylation sites is 4. The predicted molar refractivity (Wildman–Crippen MR) is 134 cm³/mol. The Morgan fingerprint density at radius 1 is 1.06 bits per heavy atom. The molecule has 1 amide bonds. The van der Waals surface area contributed by atoms with Gasteiger partial charge in [-0.3, -0.25) is 14.5 Å². The highest BCUT2D eigenvalue weighted by molar-refractivity contribution is 7.99. The topological polar surface area (TPSA) is 98.3 Å². The van der Waals surface area contributed by atoms with E-state index in [1.807, 2.05) is 60.7 Å². The third-order valence-corrected chi connectivity index (χ3v) is 8.77. The van der Waals surface area contributed by atoms with Crippen molar-refractivity contribution in [2.24, 2.45) is 5.92 Å². The average molecular weight is 483 g/mol. The smallest absolute Gasteiger partial charge is 0.250 e. The molecule has 7 nitrogen and oxygen atoms in total. The van der Waals surface area contributed by atoms with Crippen molar-refractivity contribution < 1.29 is 14.7 Å². The lowest BCUT2D eigenvalue weighted by Gasteiger charge is -2.36. The molecule has 3 aliphatic rings. The number of imidazole rings is 1. The number of rotatable bonds is 3. The Morgan fingerprint density at radius 2 is 1.83 bits per heavy atom. The maximum absolute atomic E-state index is 14.5. The van der Waals surface area contributed by atoms with Gasteiger partial charge in [0.25, 0.3) is 0 Å². The molecule has 0 aliphatic carbocycles. The molecule has 2 fully saturated rings. The Kier molecular flexibility index (Phi) is 4.40. The minimum Gasteiger partial charge on any atom is -0.508 e. The summed E-state index contributed by atoms with van der Waals surface area (Å²) in [6, 6.07) is 22.2. The molecule has 174 valence electrons. The number of anilines is 1. The number of aromatic hydroxyl groups is 1. The first kappa shape index (κ1) is 20.7. The van der Waals surface area contributed by atoms with Gasteiger partial charge in [-0.2, -0.15) is 0 Å². The fraction of sp³-hybridized carbons (Fsp3) is 0.222. The van der Waals surface area contributed by atoms with E-state index in [2.05, 4.69) is 20.2 Å². The van der Waals surface area contributed by atoms with Gasteiger partial charge in [-0.15, -0.1) is 11.8 Å². The Labute approximate surface area is 205 Å². The quantitative estimate of drug-likeness (QED) is 0.381. The second-order valence-corrected chi connectivity index (χ2v) is 10.3. The van der Waals surface area contributed by atoms with Gasteiger partial charge in [0.15, 0.2) is 5.82 Å². The lowest BCUT2D eigenvalue weighted by atomic mass is 9.70. The number of ketones is 1. The van der Waals surface area contributed by atoms with E-state index in [1.165, 1.54) is 0 Å². The van der Waals surface area contributed by atoms with E-state index in [4.69, 9.17) is 0 Å². The number of benzene rings is 3. The van der Waals surface area contributed by atoms with Gasteiger partial charge >= 0.3 is 0 Å². The van der Waals surface area contributed by atoms with Crippen molar-refractivity contribution >= 4 is 40.2 Å². The lowest BCUT2D eigenvalue weighted by Crippen LogP contribution is -2.52. The van der Waals surface area contributed by atoms with Crippen LogP contribution in [0.1, 0.15) is 27.7 Å². The number of carbonyl (C=O) groups is 2. The zero-order chi connectivity index (χ0) is 23.7. The van der Waals surface area contributed by atoms with Crippen LogP contribution >= 0.6 is 11.8 Å². The summed E-state index contributed by atoms with van der Waals surface area (Å²) in [5.41, 5.74) is 2.52. The lowest BCUT2D eigenvalue weighted by molar-refractivity contribution is -0.127. The van der Waals surface area contributed by atoms with Crippen molar-refractivity contribution in [1.29, 1.82) is 0 Å². The number of hydrogen-bond donors (Lipinski definition) is 3. The minimum absolute atomic E-state index is 0.0939. The van der Waals surface area contributed by atoms with Crippen LogP contribution in [0.5, 0.6) is 5.75 Å². The summed E-state index contributed by atoms with van der Waals surface area (Å²) < 4.78 is 0.